The average molecular weight is 395 g/mol. The van der Waals surface area contributed by atoms with Gasteiger partial charge in [-0.05, 0) is 31.5 Å². The predicted molar refractivity (Wildman–Crippen MR) is 97.6 cm³/mol. The van der Waals surface area contributed by atoms with E-state index in [-0.39, 0.29) is 34.7 Å². The van der Waals surface area contributed by atoms with Crippen LogP contribution >= 0.6 is 0 Å². The number of pyridine rings is 1. The zero-order valence-corrected chi connectivity index (χ0v) is 15.5. The normalized spacial score (nSPS) is 18.3. The van der Waals surface area contributed by atoms with Gasteiger partial charge in [0.25, 0.3) is 5.91 Å². The maximum absolute atomic E-state index is 13.8. The van der Waals surface area contributed by atoms with E-state index in [0.29, 0.717) is 18.7 Å². The van der Waals surface area contributed by atoms with E-state index in [2.05, 4.69) is 10.3 Å². The number of sulfone groups is 1. The fraction of sp³-hybridized carbons (Fsp3) is 0.333. The minimum atomic E-state index is -3.12. The minimum Gasteiger partial charge on any atom is -0.352 e. The van der Waals surface area contributed by atoms with Gasteiger partial charge in [-0.2, -0.15) is 0 Å². The van der Waals surface area contributed by atoms with Crippen LogP contribution in [0.25, 0.3) is 0 Å². The van der Waals surface area contributed by atoms with Gasteiger partial charge in [0.15, 0.2) is 9.84 Å². The van der Waals surface area contributed by atoms with Crippen LogP contribution in [0.1, 0.15) is 23.7 Å². The first kappa shape index (κ1) is 19.2. The van der Waals surface area contributed by atoms with Crippen LogP contribution in [0.5, 0.6) is 0 Å². The molecule has 1 aliphatic rings. The number of carbonyl (C=O) groups is 1. The Morgan fingerprint density at radius 3 is 2.70 bits per heavy atom. The van der Waals surface area contributed by atoms with Crippen molar-refractivity contribution in [3.63, 3.8) is 0 Å². The van der Waals surface area contributed by atoms with Crippen LogP contribution in [0.3, 0.4) is 0 Å². The van der Waals surface area contributed by atoms with Crippen molar-refractivity contribution < 1.29 is 22.0 Å². The summed E-state index contributed by atoms with van der Waals surface area (Å²) in [7, 11) is -3.12. The Morgan fingerprint density at radius 1 is 1.30 bits per heavy atom. The van der Waals surface area contributed by atoms with Gasteiger partial charge in [0.05, 0.1) is 34.6 Å². The van der Waals surface area contributed by atoms with Crippen molar-refractivity contribution in [1.82, 2.24) is 9.88 Å². The molecule has 1 aromatic carbocycles. The lowest BCUT2D eigenvalue weighted by atomic mass is 10.1. The van der Waals surface area contributed by atoms with Crippen molar-refractivity contribution in [2.75, 3.05) is 23.4 Å². The highest BCUT2D eigenvalue weighted by Gasteiger charge is 2.34. The third-order valence-electron chi connectivity index (χ3n) is 4.45. The van der Waals surface area contributed by atoms with E-state index in [9.17, 15) is 22.0 Å². The van der Waals surface area contributed by atoms with Crippen LogP contribution in [-0.2, 0) is 9.84 Å². The van der Waals surface area contributed by atoms with Gasteiger partial charge in [0.1, 0.15) is 11.6 Å². The van der Waals surface area contributed by atoms with E-state index in [0.717, 1.165) is 12.1 Å². The lowest BCUT2D eigenvalue weighted by molar-refractivity contribution is 0.0708. The summed E-state index contributed by atoms with van der Waals surface area (Å²) in [5.74, 6) is -1.76. The molecule has 0 saturated carbocycles. The number of halogens is 2. The van der Waals surface area contributed by atoms with Crippen molar-refractivity contribution in [1.29, 1.82) is 0 Å². The molecule has 1 atom stereocenters. The molecule has 1 fully saturated rings. The third-order valence-corrected chi connectivity index (χ3v) is 6.20. The van der Waals surface area contributed by atoms with Crippen LogP contribution in [0.15, 0.2) is 36.7 Å². The molecule has 1 amide bonds. The van der Waals surface area contributed by atoms with Crippen LogP contribution in [0.4, 0.5) is 20.2 Å². The Balaban J connectivity index is 1.80. The first-order valence-electron chi connectivity index (χ1n) is 8.47. The number of aromatic nitrogens is 1. The monoisotopic (exact) mass is 395 g/mol. The number of hydrogen-bond acceptors (Lipinski definition) is 5. The number of rotatable bonds is 5. The molecule has 6 nitrogen and oxygen atoms in total. The Kier molecular flexibility index (Phi) is 5.41. The van der Waals surface area contributed by atoms with Crippen molar-refractivity contribution in [2.45, 2.75) is 19.4 Å². The maximum atomic E-state index is 13.8. The molecular formula is C18H19F2N3O3S. The number of anilines is 2. The molecule has 1 N–H and O–H groups in total. The van der Waals surface area contributed by atoms with Gasteiger partial charge in [-0.25, -0.2) is 17.2 Å². The van der Waals surface area contributed by atoms with E-state index in [4.69, 9.17) is 0 Å². The summed E-state index contributed by atoms with van der Waals surface area (Å²) < 4.78 is 50.2. The summed E-state index contributed by atoms with van der Waals surface area (Å²) in [6.07, 6.45) is 3.20. The SMILES string of the molecule is CCN(C(=O)c1cncc(Nc2ccc(F)cc2F)c1)C1CCS(=O)(=O)C1. The Labute approximate surface area is 156 Å². The van der Waals surface area contributed by atoms with Crippen LogP contribution in [-0.4, -0.2) is 48.3 Å². The number of nitrogens with zero attached hydrogens (tertiary/aromatic N) is 2. The van der Waals surface area contributed by atoms with Gasteiger partial charge < -0.3 is 10.2 Å². The van der Waals surface area contributed by atoms with Crippen LogP contribution in [0, 0.1) is 11.6 Å². The van der Waals surface area contributed by atoms with Gasteiger partial charge in [-0.15, -0.1) is 0 Å². The molecule has 0 bridgehead atoms. The predicted octanol–water partition coefficient (Wildman–Crippen LogP) is 2.75. The zero-order chi connectivity index (χ0) is 19.6. The topological polar surface area (TPSA) is 79.4 Å². The summed E-state index contributed by atoms with van der Waals surface area (Å²) in [5.41, 5.74) is 0.673. The van der Waals surface area contributed by atoms with Gasteiger partial charge in [-0.1, -0.05) is 0 Å². The Morgan fingerprint density at radius 2 is 2.07 bits per heavy atom. The van der Waals surface area contributed by atoms with Crippen LogP contribution < -0.4 is 5.32 Å². The quantitative estimate of drug-likeness (QED) is 0.842. The number of nitrogens with one attached hydrogen (secondary N) is 1. The van der Waals surface area contributed by atoms with E-state index in [1.165, 1.54) is 29.4 Å². The molecular weight excluding hydrogens is 376 g/mol. The molecule has 2 heterocycles. The highest BCUT2D eigenvalue weighted by Crippen LogP contribution is 2.23. The lowest BCUT2D eigenvalue weighted by Gasteiger charge is -2.27. The first-order chi connectivity index (χ1) is 12.8. The van der Waals surface area contributed by atoms with Crippen molar-refractivity contribution in [2.24, 2.45) is 0 Å². The zero-order valence-electron chi connectivity index (χ0n) is 14.7. The minimum absolute atomic E-state index is 0.0429. The third kappa shape index (κ3) is 4.41. The molecule has 0 radical (unpaired) electrons. The Hall–Kier alpha value is -2.55. The number of carbonyl (C=O) groups excluding carboxylic acids is 1. The first-order valence-corrected chi connectivity index (χ1v) is 10.3. The molecule has 1 aliphatic heterocycles. The van der Waals surface area contributed by atoms with E-state index >= 15 is 0 Å². The second kappa shape index (κ2) is 7.59. The average Bonchev–Trinajstić information content (AvgIpc) is 2.98. The largest absolute Gasteiger partial charge is 0.352 e. The van der Waals surface area contributed by atoms with E-state index in [1.807, 2.05) is 0 Å². The number of benzene rings is 1. The summed E-state index contributed by atoms with van der Waals surface area (Å²) in [6.45, 7) is 2.15. The second-order valence-electron chi connectivity index (χ2n) is 6.36. The fourth-order valence-electron chi connectivity index (χ4n) is 3.13. The standard InChI is InChI=1S/C18H19F2N3O3S/c1-2-23(15-5-6-27(25,26)11-15)18(24)12-7-14(10-21-9-12)22-17-4-3-13(19)8-16(17)20/h3-4,7-10,15,22H,2,5-6,11H2,1H3. The second-order valence-corrected chi connectivity index (χ2v) is 8.59. The molecule has 3 rings (SSSR count). The van der Waals surface area contributed by atoms with Crippen molar-refractivity contribution in [3.8, 4) is 0 Å². The summed E-state index contributed by atoms with van der Waals surface area (Å²) in [6, 6.07) is 4.27. The fourth-order valence-corrected chi connectivity index (χ4v) is 4.86. The molecule has 1 aromatic heterocycles. The smallest absolute Gasteiger partial charge is 0.255 e. The van der Waals surface area contributed by atoms with E-state index < -0.39 is 21.5 Å². The molecule has 27 heavy (non-hydrogen) atoms. The summed E-state index contributed by atoms with van der Waals surface area (Å²) in [4.78, 5) is 18.3. The van der Waals surface area contributed by atoms with Crippen molar-refractivity contribution >= 4 is 27.1 Å². The van der Waals surface area contributed by atoms with Gasteiger partial charge in [0.2, 0.25) is 0 Å². The van der Waals surface area contributed by atoms with Gasteiger partial charge >= 0.3 is 0 Å². The van der Waals surface area contributed by atoms with E-state index in [1.54, 1.807) is 6.92 Å². The highest BCUT2D eigenvalue weighted by atomic mass is 32.2. The molecule has 1 saturated heterocycles. The summed E-state index contributed by atoms with van der Waals surface area (Å²) >= 11 is 0. The maximum Gasteiger partial charge on any atom is 0.255 e. The van der Waals surface area contributed by atoms with Crippen molar-refractivity contribution in [3.05, 3.63) is 53.9 Å². The highest BCUT2D eigenvalue weighted by molar-refractivity contribution is 7.91. The summed E-state index contributed by atoms with van der Waals surface area (Å²) in [5, 5.41) is 2.76. The van der Waals surface area contributed by atoms with Crippen LogP contribution in [0.2, 0.25) is 0 Å². The molecule has 9 heteroatoms. The number of hydrogen-bond donors (Lipinski definition) is 1. The Bertz CT molecular complexity index is 966. The lowest BCUT2D eigenvalue weighted by Crippen LogP contribution is -2.41. The molecule has 0 aliphatic carbocycles. The molecule has 144 valence electrons. The number of amides is 1. The van der Waals surface area contributed by atoms with Gasteiger partial charge in [0, 0.05) is 24.8 Å². The molecule has 0 spiro atoms. The van der Waals surface area contributed by atoms with Gasteiger partial charge in [-0.3, -0.25) is 9.78 Å². The molecule has 1 unspecified atom stereocenters. The molecule has 2 aromatic rings.